The average molecular weight is 347 g/mol. The second-order valence-corrected chi connectivity index (χ2v) is 7.66. The number of amides is 2. The second-order valence-electron chi connectivity index (χ2n) is 6.43. The molecular formula is C18H25N3O2S. The van der Waals surface area contributed by atoms with Gasteiger partial charge in [0.05, 0.1) is 0 Å². The van der Waals surface area contributed by atoms with E-state index in [4.69, 9.17) is 0 Å². The third-order valence-electron chi connectivity index (χ3n) is 4.63. The standard InChI is InChI=1S/C18H25N3O2S/c22-17(5-4-14-6-7-19-13-14)20-16-3-1-2-15(12-16)18(23)21-8-10-24-11-9-21/h1-3,12,14,19H,4-11,13H2,(H,20,22). The number of carbonyl (C=O) groups excluding carboxylic acids is 2. The summed E-state index contributed by atoms with van der Waals surface area (Å²) in [5.74, 6) is 2.70. The van der Waals surface area contributed by atoms with Gasteiger partial charge in [0, 0.05) is 42.3 Å². The summed E-state index contributed by atoms with van der Waals surface area (Å²) in [6, 6.07) is 7.29. The topological polar surface area (TPSA) is 61.4 Å². The molecule has 0 bridgehead atoms. The molecule has 1 atom stereocenters. The first-order valence-corrected chi connectivity index (χ1v) is 9.85. The molecule has 2 saturated heterocycles. The molecule has 2 fully saturated rings. The fourth-order valence-corrected chi connectivity index (χ4v) is 4.10. The summed E-state index contributed by atoms with van der Waals surface area (Å²) in [6.07, 6.45) is 2.61. The Hall–Kier alpha value is -1.53. The monoisotopic (exact) mass is 347 g/mol. The first-order chi connectivity index (χ1) is 11.7. The average Bonchev–Trinajstić information content (AvgIpc) is 3.14. The Kier molecular flexibility index (Phi) is 6.15. The highest BCUT2D eigenvalue weighted by atomic mass is 32.2. The van der Waals surface area contributed by atoms with Gasteiger partial charge < -0.3 is 15.5 Å². The molecule has 3 rings (SSSR count). The van der Waals surface area contributed by atoms with Crippen molar-refractivity contribution in [2.45, 2.75) is 19.3 Å². The van der Waals surface area contributed by atoms with Crippen molar-refractivity contribution in [3.8, 4) is 0 Å². The molecule has 0 radical (unpaired) electrons. The number of hydrogen-bond acceptors (Lipinski definition) is 4. The van der Waals surface area contributed by atoms with Crippen molar-refractivity contribution >= 4 is 29.3 Å². The normalized spacial score (nSPS) is 20.8. The number of nitrogens with one attached hydrogen (secondary N) is 2. The SMILES string of the molecule is O=C(CCC1CCNC1)Nc1cccc(C(=O)N2CCSCC2)c1. The summed E-state index contributed by atoms with van der Waals surface area (Å²) in [5.41, 5.74) is 1.36. The van der Waals surface area contributed by atoms with Crippen LogP contribution in [0.1, 0.15) is 29.6 Å². The molecule has 6 heteroatoms. The largest absolute Gasteiger partial charge is 0.337 e. The minimum Gasteiger partial charge on any atom is -0.337 e. The van der Waals surface area contributed by atoms with Crippen LogP contribution < -0.4 is 10.6 Å². The van der Waals surface area contributed by atoms with Gasteiger partial charge in [-0.1, -0.05) is 6.07 Å². The molecule has 1 aromatic rings. The van der Waals surface area contributed by atoms with Crippen LogP contribution >= 0.6 is 11.8 Å². The van der Waals surface area contributed by atoms with Gasteiger partial charge in [-0.05, 0) is 50.0 Å². The lowest BCUT2D eigenvalue weighted by molar-refractivity contribution is -0.116. The van der Waals surface area contributed by atoms with E-state index >= 15 is 0 Å². The molecule has 130 valence electrons. The van der Waals surface area contributed by atoms with Crippen LogP contribution in [0.4, 0.5) is 5.69 Å². The number of thioether (sulfide) groups is 1. The molecule has 0 spiro atoms. The number of rotatable bonds is 5. The number of nitrogens with zero attached hydrogens (tertiary/aromatic N) is 1. The highest BCUT2D eigenvalue weighted by Gasteiger charge is 2.19. The van der Waals surface area contributed by atoms with Crippen LogP contribution in [0.25, 0.3) is 0 Å². The predicted octanol–water partition coefficient (Wildman–Crippen LogP) is 2.20. The molecule has 2 amide bonds. The summed E-state index contributed by atoms with van der Waals surface area (Å²) >= 11 is 1.88. The number of carbonyl (C=O) groups is 2. The van der Waals surface area contributed by atoms with E-state index in [0.717, 1.165) is 50.5 Å². The van der Waals surface area contributed by atoms with Crippen molar-refractivity contribution in [3.05, 3.63) is 29.8 Å². The Morgan fingerprint density at radius 2 is 2.12 bits per heavy atom. The van der Waals surface area contributed by atoms with E-state index in [1.54, 1.807) is 6.07 Å². The Balaban J connectivity index is 1.54. The zero-order valence-corrected chi connectivity index (χ0v) is 14.7. The summed E-state index contributed by atoms with van der Waals surface area (Å²) in [6.45, 7) is 3.68. The van der Waals surface area contributed by atoms with E-state index in [1.165, 1.54) is 0 Å². The van der Waals surface area contributed by atoms with Gasteiger partial charge in [0.25, 0.3) is 5.91 Å². The Morgan fingerprint density at radius 1 is 1.29 bits per heavy atom. The van der Waals surface area contributed by atoms with Crippen molar-refractivity contribution in [1.82, 2.24) is 10.2 Å². The molecule has 2 aliphatic heterocycles. The minimum absolute atomic E-state index is 0.0286. The lowest BCUT2D eigenvalue weighted by Gasteiger charge is -2.26. The molecule has 1 unspecified atom stereocenters. The Bertz CT molecular complexity index is 581. The van der Waals surface area contributed by atoms with Gasteiger partial charge in [0.2, 0.25) is 5.91 Å². The van der Waals surface area contributed by atoms with Crippen molar-refractivity contribution in [2.24, 2.45) is 5.92 Å². The molecule has 24 heavy (non-hydrogen) atoms. The van der Waals surface area contributed by atoms with Crippen LogP contribution in [0.5, 0.6) is 0 Å². The van der Waals surface area contributed by atoms with Crippen LogP contribution in [-0.2, 0) is 4.79 Å². The molecule has 0 saturated carbocycles. The van der Waals surface area contributed by atoms with E-state index in [2.05, 4.69) is 10.6 Å². The molecule has 0 aliphatic carbocycles. The van der Waals surface area contributed by atoms with Crippen molar-refractivity contribution in [1.29, 1.82) is 0 Å². The number of hydrogen-bond donors (Lipinski definition) is 2. The Morgan fingerprint density at radius 3 is 2.88 bits per heavy atom. The molecule has 1 aromatic carbocycles. The molecule has 0 aromatic heterocycles. The summed E-state index contributed by atoms with van der Waals surface area (Å²) < 4.78 is 0. The maximum atomic E-state index is 12.5. The van der Waals surface area contributed by atoms with Gasteiger partial charge in [-0.2, -0.15) is 11.8 Å². The zero-order chi connectivity index (χ0) is 16.8. The lowest BCUT2D eigenvalue weighted by Crippen LogP contribution is -2.37. The zero-order valence-electron chi connectivity index (χ0n) is 13.9. The van der Waals surface area contributed by atoms with Gasteiger partial charge >= 0.3 is 0 Å². The smallest absolute Gasteiger partial charge is 0.253 e. The quantitative estimate of drug-likeness (QED) is 0.857. The third kappa shape index (κ3) is 4.74. The van der Waals surface area contributed by atoms with E-state index in [9.17, 15) is 9.59 Å². The van der Waals surface area contributed by atoms with E-state index in [1.807, 2.05) is 34.9 Å². The number of anilines is 1. The third-order valence-corrected chi connectivity index (χ3v) is 5.58. The molecule has 5 nitrogen and oxygen atoms in total. The fraction of sp³-hybridized carbons (Fsp3) is 0.556. The van der Waals surface area contributed by atoms with Crippen molar-refractivity contribution in [3.63, 3.8) is 0 Å². The van der Waals surface area contributed by atoms with E-state index in [0.29, 0.717) is 23.6 Å². The van der Waals surface area contributed by atoms with Crippen LogP contribution in [0.3, 0.4) is 0 Å². The lowest BCUT2D eigenvalue weighted by atomic mass is 10.0. The van der Waals surface area contributed by atoms with Crippen molar-refractivity contribution in [2.75, 3.05) is 43.0 Å². The van der Waals surface area contributed by atoms with Gasteiger partial charge in [0.1, 0.15) is 0 Å². The van der Waals surface area contributed by atoms with Gasteiger partial charge in [0.15, 0.2) is 0 Å². The fourth-order valence-electron chi connectivity index (χ4n) is 3.20. The van der Waals surface area contributed by atoms with Gasteiger partial charge in [-0.3, -0.25) is 9.59 Å². The molecule has 2 heterocycles. The highest BCUT2D eigenvalue weighted by molar-refractivity contribution is 7.99. The molecule has 2 N–H and O–H groups in total. The van der Waals surface area contributed by atoms with Crippen LogP contribution in [0.2, 0.25) is 0 Å². The first-order valence-electron chi connectivity index (χ1n) is 8.70. The maximum absolute atomic E-state index is 12.5. The van der Waals surface area contributed by atoms with Crippen LogP contribution in [-0.4, -0.2) is 54.4 Å². The molecule has 2 aliphatic rings. The van der Waals surface area contributed by atoms with E-state index in [-0.39, 0.29) is 11.8 Å². The van der Waals surface area contributed by atoms with Crippen molar-refractivity contribution < 1.29 is 9.59 Å². The predicted molar refractivity (Wildman–Crippen MR) is 98.5 cm³/mol. The highest BCUT2D eigenvalue weighted by Crippen LogP contribution is 2.18. The van der Waals surface area contributed by atoms with E-state index < -0.39 is 0 Å². The minimum atomic E-state index is 0.0286. The Labute approximate surface area is 147 Å². The van der Waals surface area contributed by atoms with Gasteiger partial charge in [-0.25, -0.2) is 0 Å². The second kappa shape index (κ2) is 8.53. The molecular weight excluding hydrogens is 322 g/mol. The summed E-state index contributed by atoms with van der Waals surface area (Å²) in [4.78, 5) is 26.6. The number of benzene rings is 1. The first kappa shape index (κ1) is 17.3. The maximum Gasteiger partial charge on any atom is 0.253 e. The van der Waals surface area contributed by atoms with Gasteiger partial charge in [-0.15, -0.1) is 0 Å². The van der Waals surface area contributed by atoms with Crippen LogP contribution in [0, 0.1) is 5.92 Å². The summed E-state index contributed by atoms with van der Waals surface area (Å²) in [5, 5.41) is 6.25. The summed E-state index contributed by atoms with van der Waals surface area (Å²) in [7, 11) is 0. The van der Waals surface area contributed by atoms with Crippen LogP contribution in [0.15, 0.2) is 24.3 Å².